The summed E-state index contributed by atoms with van der Waals surface area (Å²) in [6.07, 6.45) is 6.12. The molecule has 2 N–H and O–H groups in total. The Labute approximate surface area is 467 Å². The van der Waals surface area contributed by atoms with Crippen LogP contribution in [0.25, 0.3) is 66.8 Å². The molecule has 0 spiro atoms. The molecule has 0 unspecified atom stereocenters. The van der Waals surface area contributed by atoms with Crippen molar-refractivity contribution in [3.63, 3.8) is 0 Å². The number of anilines is 2. The minimum Gasteiger partial charge on any atom is -0.455 e. The van der Waals surface area contributed by atoms with Crippen molar-refractivity contribution in [2.24, 2.45) is 14.1 Å². The van der Waals surface area contributed by atoms with E-state index >= 15 is 0 Å². The number of nitrogens with one attached hydrogen (secondary N) is 2. The fraction of sp³-hybridized carbons (Fsp3) is 0.192. The molecule has 0 saturated carbocycles. The van der Waals surface area contributed by atoms with Crippen LogP contribution in [0.4, 0.5) is 20.2 Å². The molecule has 77 heavy (non-hydrogen) atoms. The molecule has 19 nitrogen and oxygen atoms in total. The summed E-state index contributed by atoms with van der Waals surface area (Å²) >= 11 is 3.64. The van der Waals surface area contributed by atoms with Crippen LogP contribution in [-0.2, 0) is 43.7 Å². The van der Waals surface area contributed by atoms with Crippen molar-refractivity contribution in [1.29, 1.82) is 0 Å². The third-order valence-corrected chi connectivity index (χ3v) is 16.5. The van der Waals surface area contributed by atoms with Crippen LogP contribution in [0.2, 0.25) is 0 Å². The molecule has 4 aromatic heterocycles. The van der Waals surface area contributed by atoms with E-state index in [0.717, 1.165) is 24.2 Å². The monoisotopic (exact) mass is 1320 g/mol. The minimum absolute atomic E-state index is 0.0735. The van der Waals surface area contributed by atoms with Gasteiger partial charge in [0.05, 0.1) is 61.4 Å². The Balaban J connectivity index is 0.000000195. The van der Waals surface area contributed by atoms with Crippen molar-refractivity contribution in [2.75, 3.05) is 49.3 Å². The van der Waals surface area contributed by atoms with E-state index in [-0.39, 0.29) is 56.7 Å². The van der Waals surface area contributed by atoms with Crippen LogP contribution in [-0.4, -0.2) is 93.4 Å². The summed E-state index contributed by atoms with van der Waals surface area (Å²) in [5.74, 6) is -1.42. The predicted molar refractivity (Wildman–Crippen MR) is 306 cm³/mol. The van der Waals surface area contributed by atoms with Gasteiger partial charge in [0.25, 0.3) is 17.4 Å². The summed E-state index contributed by atoms with van der Waals surface area (Å²) in [6.45, 7) is 0. The number of hydrogen-bond acceptors (Lipinski definition) is 12. The summed E-state index contributed by atoms with van der Waals surface area (Å²) in [7, 11) is 1.66. The molecule has 1 saturated heterocycles. The summed E-state index contributed by atoms with van der Waals surface area (Å²) in [4.78, 5) is 71.0. The summed E-state index contributed by atoms with van der Waals surface area (Å²) in [5.41, 5.74) is 4.27. The SMILES string of the molecule is CNC(=O)c1c(-c2ccc(F)cc2)oc2cc(N(C)S(C)(=O)=O)c(-c3cc(I)c(=O)n(C)c3)cc12.CNC(=O)c1c(-c2ccc(F)cc2)oc2cc(N(C)S(C)(=O)=O)c(-c3ccc(=O)n(C)c3)cc12.O=C1CCC(=O)N1I. The number of furan rings is 2. The molecule has 1 aliphatic heterocycles. The van der Waals surface area contributed by atoms with E-state index in [1.54, 1.807) is 79.7 Å². The molecular weight excluding hydrogens is 1270 g/mol. The number of aromatic nitrogens is 2. The number of carbonyl (C=O) groups is 4. The molecule has 0 atom stereocenters. The maximum Gasteiger partial charge on any atom is 0.263 e. The highest BCUT2D eigenvalue weighted by molar-refractivity contribution is 14.1. The van der Waals surface area contributed by atoms with E-state index in [4.69, 9.17) is 8.83 Å². The van der Waals surface area contributed by atoms with Crippen LogP contribution >= 0.6 is 45.5 Å². The molecule has 25 heteroatoms. The first-order valence-corrected chi connectivity index (χ1v) is 28.5. The number of carbonyl (C=O) groups excluding carboxylic acids is 4. The average Bonchev–Trinajstić information content (AvgIpc) is 4.08. The Morgan fingerprint density at radius 3 is 1.34 bits per heavy atom. The molecule has 0 bridgehead atoms. The Morgan fingerprint density at radius 1 is 0.597 bits per heavy atom. The van der Waals surface area contributed by atoms with E-state index in [1.807, 2.05) is 22.6 Å². The zero-order valence-corrected chi connectivity index (χ0v) is 48.1. The van der Waals surface area contributed by atoms with Gasteiger partial charge in [0.15, 0.2) is 0 Å². The quantitative estimate of drug-likeness (QED) is 0.0757. The van der Waals surface area contributed by atoms with Crippen molar-refractivity contribution in [1.82, 2.24) is 22.9 Å². The number of sulfonamides is 2. The molecule has 0 radical (unpaired) electrons. The van der Waals surface area contributed by atoms with Crippen LogP contribution in [0.15, 0.2) is 122 Å². The number of halogens is 4. The van der Waals surface area contributed by atoms with Gasteiger partial charge in [-0.2, -0.15) is 0 Å². The maximum absolute atomic E-state index is 13.5. The van der Waals surface area contributed by atoms with Gasteiger partial charge in [0.2, 0.25) is 37.4 Å². The number of pyridine rings is 2. The normalized spacial score (nSPS) is 12.5. The first kappa shape index (κ1) is 57.5. The molecule has 1 fully saturated rings. The topological polar surface area (TPSA) is 241 Å². The van der Waals surface area contributed by atoms with Gasteiger partial charge in [0.1, 0.15) is 34.3 Å². The lowest BCUT2D eigenvalue weighted by molar-refractivity contribution is -0.130. The molecule has 4 aromatic carbocycles. The third-order valence-electron chi connectivity index (χ3n) is 12.2. The zero-order chi connectivity index (χ0) is 56.6. The highest BCUT2D eigenvalue weighted by Gasteiger charge is 2.29. The Kier molecular flexibility index (Phi) is 17.0. The lowest BCUT2D eigenvalue weighted by Crippen LogP contribution is -2.25. The third kappa shape index (κ3) is 12.2. The number of aryl methyl sites for hydroxylation is 2. The lowest BCUT2D eigenvalue weighted by atomic mass is 9.99. The molecule has 8 aromatic rings. The predicted octanol–water partition coefficient (Wildman–Crippen LogP) is 7.81. The van der Waals surface area contributed by atoms with Gasteiger partial charge in [-0.3, -0.25) is 37.4 Å². The standard InChI is InChI=1S/C24H21FIN3O5S.C24H22FN3O5S.C4H4INO2/c1-27-23(30)21-17-10-16(14-9-18(26)24(31)28(2)12-14)19(29(3)35(4,32)33)11-20(17)34-22(21)13-5-7-15(25)8-6-13;1-26-24(30)22-18-11-17(15-7-10-21(29)27(2)13-15)19(28(3)34(4,31)32)12-20(18)33-23(22)14-5-8-16(25)9-6-14;5-6-3(7)1-2-4(6)8/h5-12H,1-4H3,(H,27,30);5-13H,1-4H3,(H,26,30);1-2H2. The van der Waals surface area contributed by atoms with Crippen molar-refractivity contribution in [3.8, 4) is 44.9 Å². The molecular formula is C52H47F2I2N7O12S2. The Bertz CT molecular complexity index is 4010. The van der Waals surface area contributed by atoms with Gasteiger partial charge in [-0.25, -0.2) is 28.7 Å². The highest BCUT2D eigenvalue weighted by atomic mass is 127. The zero-order valence-electron chi connectivity index (χ0n) is 42.2. The maximum atomic E-state index is 13.5. The van der Waals surface area contributed by atoms with Crippen molar-refractivity contribution in [2.45, 2.75) is 12.8 Å². The minimum atomic E-state index is -3.66. The fourth-order valence-electron chi connectivity index (χ4n) is 8.04. The molecule has 0 aliphatic carbocycles. The number of amides is 4. The van der Waals surface area contributed by atoms with Crippen LogP contribution < -0.4 is 30.4 Å². The van der Waals surface area contributed by atoms with Crippen molar-refractivity contribution in [3.05, 3.63) is 150 Å². The highest BCUT2D eigenvalue weighted by Crippen LogP contribution is 2.43. The molecule has 9 rings (SSSR count). The molecule has 1 aliphatic rings. The van der Waals surface area contributed by atoms with E-state index in [9.17, 15) is 54.4 Å². The van der Waals surface area contributed by atoms with E-state index in [2.05, 4.69) is 10.6 Å². The fourth-order valence-corrected chi connectivity index (χ4v) is 10.3. The van der Waals surface area contributed by atoms with Crippen LogP contribution in [0.5, 0.6) is 0 Å². The molecule has 402 valence electrons. The number of imide groups is 1. The number of hydrogen-bond donors (Lipinski definition) is 2. The summed E-state index contributed by atoms with van der Waals surface area (Å²) in [6, 6.07) is 22.1. The second-order valence-electron chi connectivity index (χ2n) is 17.4. The lowest BCUT2D eigenvalue weighted by Gasteiger charge is -2.21. The van der Waals surface area contributed by atoms with E-state index < -0.39 is 43.5 Å². The largest absolute Gasteiger partial charge is 0.455 e. The first-order chi connectivity index (χ1) is 36.1. The Morgan fingerprint density at radius 2 is 0.987 bits per heavy atom. The number of fused-ring (bicyclic) bond motifs is 2. The van der Waals surface area contributed by atoms with Gasteiger partial charge < -0.3 is 28.6 Å². The van der Waals surface area contributed by atoms with Crippen molar-refractivity contribution >= 4 is 122 Å². The molecule has 5 heterocycles. The first-order valence-electron chi connectivity index (χ1n) is 22.7. The number of rotatable bonds is 10. The summed E-state index contributed by atoms with van der Waals surface area (Å²) < 4.78 is 95.4. The molecule has 4 amide bonds. The smallest absolute Gasteiger partial charge is 0.263 e. The second-order valence-corrected chi connectivity index (χ2v) is 23.6. The van der Waals surface area contributed by atoms with Gasteiger partial charge in [0, 0.05) is 130 Å². The van der Waals surface area contributed by atoms with Crippen LogP contribution in [0.3, 0.4) is 0 Å². The summed E-state index contributed by atoms with van der Waals surface area (Å²) in [5, 5.41) is 6.07. The average molecular weight is 1320 g/mol. The van der Waals surface area contributed by atoms with Crippen molar-refractivity contribution < 1.29 is 53.6 Å². The van der Waals surface area contributed by atoms with E-state index in [0.29, 0.717) is 71.9 Å². The van der Waals surface area contributed by atoms with Gasteiger partial charge in [-0.1, -0.05) is 0 Å². The van der Waals surface area contributed by atoms with Gasteiger partial charge in [-0.05, 0) is 95.4 Å². The van der Waals surface area contributed by atoms with Crippen LogP contribution in [0.1, 0.15) is 33.6 Å². The van der Waals surface area contributed by atoms with E-state index in [1.165, 1.54) is 98.0 Å². The van der Waals surface area contributed by atoms with Gasteiger partial charge >= 0.3 is 0 Å². The second kappa shape index (κ2) is 22.8. The van der Waals surface area contributed by atoms with Gasteiger partial charge in [-0.15, -0.1) is 0 Å². The number of benzene rings is 4. The number of nitrogens with zero attached hydrogens (tertiary/aromatic N) is 5. The Hall–Kier alpha value is -7.24. The van der Waals surface area contributed by atoms with Crippen LogP contribution in [0, 0.1) is 15.2 Å².